The maximum absolute atomic E-state index is 12.5. The fourth-order valence-corrected chi connectivity index (χ4v) is 3.30. The van der Waals surface area contributed by atoms with Gasteiger partial charge in [-0.3, -0.25) is 14.4 Å². The highest BCUT2D eigenvalue weighted by molar-refractivity contribution is 8.00. The second-order valence-electron chi connectivity index (χ2n) is 5.32. The lowest BCUT2D eigenvalue weighted by molar-refractivity contribution is -0.122. The van der Waals surface area contributed by atoms with Crippen LogP contribution in [0.3, 0.4) is 0 Å². The molecule has 124 valence electrons. The zero-order chi connectivity index (χ0) is 17.1. The summed E-state index contributed by atoms with van der Waals surface area (Å²) in [4.78, 5) is 38.3. The van der Waals surface area contributed by atoms with Gasteiger partial charge in [-0.05, 0) is 5.56 Å². The van der Waals surface area contributed by atoms with E-state index in [1.54, 1.807) is 7.05 Å². The van der Waals surface area contributed by atoms with Crippen molar-refractivity contribution in [3.05, 3.63) is 52.4 Å². The van der Waals surface area contributed by atoms with E-state index in [0.717, 1.165) is 10.2 Å². The SMILES string of the molecule is CN1C(=O)CSc2cnn(CC(=O)NCc3ccccc3)c(=O)c21. The molecule has 2 heterocycles. The molecule has 3 rings (SSSR count). The van der Waals surface area contributed by atoms with E-state index in [9.17, 15) is 14.4 Å². The number of carbonyl (C=O) groups excluding carboxylic acids is 2. The minimum Gasteiger partial charge on any atom is -0.350 e. The summed E-state index contributed by atoms with van der Waals surface area (Å²) in [5.74, 6) is -0.173. The molecule has 0 bridgehead atoms. The van der Waals surface area contributed by atoms with Gasteiger partial charge in [-0.15, -0.1) is 11.8 Å². The van der Waals surface area contributed by atoms with Gasteiger partial charge in [0.2, 0.25) is 11.8 Å². The van der Waals surface area contributed by atoms with E-state index in [2.05, 4.69) is 10.4 Å². The van der Waals surface area contributed by atoms with Crippen LogP contribution in [0.4, 0.5) is 5.69 Å². The molecule has 1 aromatic heterocycles. The number of hydrogen-bond donors (Lipinski definition) is 1. The maximum Gasteiger partial charge on any atom is 0.292 e. The first-order valence-electron chi connectivity index (χ1n) is 7.36. The normalized spacial score (nSPS) is 13.5. The Morgan fingerprint density at radius 2 is 2.04 bits per heavy atom. The van der Waals surface area contributed by atoms with Gasteiger partial charge in [-0.2, -0.15) is 5.10 Å². The van der Waals surface area contributed by atoms with Gasteiger partial charge in [0.05, 0.1) is 16.8 Å². The van der Waals surface area contributed by atoms with Crippen LogP contribution < -0.4 is 15.8 Å². The van der Waals surface area contributed by atoms with E-state index >= 15 is 0 Å². The molecule has 1 aliphatic rings. The Labute approximate surface area is 142 Å². The summed E-state index contributed by atoms with van der Waals surface area (Å²) in [5, 5.41) is 6.78. The van der Waals surface area contributed by atoms with Crippen LogP contribution in [0.1, 0.15) is 5.56 Å². The van der Waals surface area contributed by atoms with Crippen LogP contribution >= 0.6 is 11.8 Å². The lowest BCUT2D eigenvalue weighted by atomic mass is 10.2. The Balaban J connectivity index is 1.73. The average molecular weight is 344 g/mol. The zero-order valence-electron chi connectivity index (χ0n) is 13.1. The highest BCUT2D eigenvalue weighted by atomic mass is 32.2. The molecule has 1 N–H and O–H groups in total. The number of fused-ring (bicyclic) bond motifs is 1. The summed E-state index contributed by atoms with van der Waals surface area (Å²) >= 11 is 1.28. The van der Waals surface area contributed by atoms with E-state index in [1.165, 1.54) is 22.9 Å². The number of rotatable bonds is 4. The molecular weight excluding hydrogens is 328 g/mol. The van der Waals surface area contributed by atoms with Crippen molar-refractivity contribution >= 4 is 29.3 Å². The molecule has 1 aliphatic heterocycles. The van der Waals surface area contributed by atoms with Crippen molar-refractivity contribution in [3.63, 3.8) is 0 Å². The molecule has 0 aliphatic carbocycles. The summed E-state index contributed by atoms with van der Waals surface area (Å²) in [7, 11) is 1.56. The molecule has 0 atom stereocenters. The number of benzene rings is 1. The number of hydrogen-bond acceptors (Lipinski definition) is 5. The lowest BCUT2D eigenvalue weighted by Crippen LogP contribution is -2.40. The van der Waals surface area contributed by atoms with Crippen molar-refractivity contribution in [3.8, 4) is 0 Å². The van der Waals surface area contributed by atoms with Gasteiger partial charge in [-0.25, -0.2) is 4.68 Å². The number of carbonyl (C=O) groups is 2. The van der Waals surface area contributed by atoms with Gasteiger partial charge in [0, 0.05) is 13.6 Å². The van der Waals surface area contributed by atoms with Gasteiger partial charge < -0.3 is 10.2 Å². The zero-order valence-corrected chi connectivity index (χ0v) is 13.9. The Kier molecular flexibility index (Phi) is 4.66. The predicted octanol–water partition coefficient (Wildman–Crippen LogP) is 0.628. The molecule has 0 saturated carbocycles. The van der Waals surface area contributed by atoms with Crippen LogP contribution in [0, 0.1) is 0 Å². The Morgan fingerprint density at radius 3 is 2.79 bits per heavy atom. The summed E-state index contributed by atoms with van der Waals surface area (Å²) in [5.41, 5.74) is 0.811. The molecule has 0 fully saturated rings. The second kappa shape index (κ2) is 6.88. The van der Waals surface area contributed by atoms with Crippen LogP contribution in [0.2, 0.25) is 0 Å². The van der Waals surface area contributed by atoms with Crippen molar-refractivity contribution in [2.45, 2.75) is 18.0 Å². The molecule has 2 aromatic rings. The molecule has 0 radical (unpaired) electrons. The molecular formula is C16H16N4O3S. The monoisotopic (exact) mass is 344 g/mol. The fraction of sp³-hybridized carbons (Fsp3) is 0.250. The average Bonchev–Trinajstić information content (AvgIpc) is 2.59. The van der Waals surface area contributed by atoms with Crippen molar-refractivity contribution in [2.24, 2.45) is 0 Å². The first-order valence-corrected chi connectivity index (χ1v) is 8.35. The Hall–Kier alpha value is -2.61. The molecule has 8 heteroatoms. The van der Waals surface area contributed by atoms with Crippen molar-refractivity contribution in [2.75, 3.05) is 17.7 Å². The smallest absolute Gasteiger partial charge is 0.292 e. The van der Waals surface area contributed by atoms with Crippen molar-refractivity contribution < 1.29 is 9.59 Å². The molecule has 2 amide bonds. The predicted molar refractivity (Wildman–Crippen MR) is 90.9 cm³/mol. The van der Waals surface area contributed by atoms with E-state index in [0.29, 0.717) is 11.4 Å². The largest absolute Gasteiger partial charge is 0.350 e. The number of nitrogens with one attached hydrogen (secondary N) is 1. The van der Waals surface area contributed by atoms with Crippen LogP contribution in [0.5, 0.6) is 0 Å². The number of aromatic nitrogens is 2. The highest BCUT2D eigenvalue weighted by Crippen LogP contribution is 2.30. The summed E-state index contributed by atoms with van der Waals surface area (Å²) in [6, 6.07) is 9.49. The highest BCUT2D eigenvalue weighted by Gasteiger charge is 2.26. The van der Waals surface area contributed by atoms with Crippen LogP contribution in [-0.2, 0) is 22.7 Å². The summed E-state index contributed by atoms with van der Waals surface area (Å²) in [6.07, 6.45) is 1.52. The third kappa shape index (κ3) is 3.33. The topological polar surface area (TPSA) is 84.3 Å². The van der Waals surface area contributed by atoms with Crippen LogP contribution in [0.15, 0.2) is 46.2 Å². The molecule has 0 unspecified atom stereocenters. The maximum atomic E-state index is 12.5. The quantitative estimate of drug-likeness (QED) is 0.879. The summed E-state index contributed by atoms with van der Waals surface area (Å²) in [6.45, 7) is 0.194. The van der Waals surface area contributed by atoms with Gasteiger partial charge in [0.1, 0.15) is 12.2 Å². The molecule has 1 aromatic carbocycles. The third-order valence-electron chi connectivity index (χ3n) is 3.67. The van der Waals surface area contributed by atoms with E-state index in [4.69, 9.17) is 0 Å². The molecule has 0 spiro atoms. The molecule has 24 heavy (non-hydrogen) atoms. The van der Waals surface area contributed by atoms with Gasteiger partial charge >= 0.3 is 0 Å². The van der Waals surface area contributed by atoms with Gasteiger partial charge in [0.25, 0.3) is 5.56 Å². The number of amides is 2. The van der Waals surface area contributed by atoms with E-state index in [-0.39, 0.29) is 29.8 Å². The van der Waals surface area contributed by atoms with Crippen molar-refractivity contribution in [1.29, 1.82) is 0 Å². The molecule has 7 nitrogen and oxygen atoms in total. The Morgan fingerprint density at radius 1 is 1.29 bits per heavy atom. The minimum absolute atomic E-state index is 0.143. The second-order valence-corrected chi connectivity index (χ2v) is 6.34. The van der Waals surface area contributed by atoms with Crippen LogP contribution in [0.25, 0.3) is 0 Å². The lowest BCUT2D eigenvalue weighted by Gasteiger charge is -2.24. The van der Waals surface area contributed by atoms with E-state index < -0.39 is 5.56 Å². The van der Waals surface area contributed by atoms with Gasteiger partial charge in [-0.1, -0.05) is 30.3 Å². The van der Waals surface area contributed by atoms with Gasteiger partial charge in [0.15, 0.2) is 0 Å². The van der Waals surface area contributed by atoms with E-state index in [1.807, 2.05) is 30.3 Å². The fourth-order valence-electron chi connectivity index (χ4n) is 2.34. The number of thioether (sulfide) groups is 1. The number of nitrogens with zero attached hydrogens (tertiary/aromatic N) is 3. The number of anilines is 1. The Bertz CT molecular complexity index is 835. The van der Waals surface area contributed by atoms with Crippen LogP contribution in [-0.4, -0.2) is 34.4 Å². The van der Waals surface area contributed by atoms with Crippen molar-refractivity contribution in [1.82, 2.24) is 15.1 Å². The first kappa shape index (κ1) is 16.3. The summed E-state index contributed by atoms with van der Waals surface area (Å²) < 4.78 is 1.08. The first-order chi connectivity index (χ1) is 11.6. The minimum atomic E-state index is -0.439. The third-order valence-corrected chi connectivity index (χ3v) is 4.67. The molecule has 0 saturated heterocycles. The standard InChI is InChI=1S/C16H16N4O3S/c1-19-14(22)10-24-12-8-18-20(16(23)15(12)19)9-13(21)17-7-11-5-3-2-4-6-11/h2-6,8H,7,9-10H2,1H3,(H,17,21).